The number of carboxylic acids is 1. The first-order chi connectivity index (χ1) is 9.82. The molecule has 2 N–H and O–H groups in total. The Kier molecular flexibility index (Phi) is 4.45. The molecule has 21 heavy (non-hydrogen) atoms. The predicted molar refractivity (Wildman–Crippen MR) is 81.0 cm³/mol. The average Bonchev–Trinajstić information content (AvgIpc) is 2.42. The molecule has 0 spiro atoms. The van der Waals surface area contributed by atoms with Gasteiger partial charge in [0.25, 0.3) is 0 Å². The summed E-state index contributed by atoms with van der Waals surface area (Å²) < 4.78 is 6.23. The first-order valence-electron chi connectivity index (χ1n) is 7.55. The van der Waals surface area contributed by atoms with Crippen molar-refractivity contribution < 1.29 is 19.7 Å². The van der Waals surface area contributed by atoms with Gasteiger partial charge >= 0.3 is 5.97 Å². The number of aryl methyl sites for hydroxylation is 1. The monoisotopic (exact) mass is 292 g/mol. The van der Waals surface area contributed by atoms with Crippen molar-refractivity contribution in [2.75, 3.05) is 0 Å². The molecule has 116 valence electrons. The molecule has 1 aromatic carbocycles. The van der Waals surface area contributed by atoms with E-state index < -0.39 is 5.97 Å². The topological polar surface area (TPSA) is 66.8 Å². The number of aromatic hydroxyl groups is 1. The van der Waals surface area contributed by atoms with Crippen LogP contribution in [0.2, 0.25) is 0 Å². The van der Waals surface area contributed by atoms with Crippen molar-refractivity contribution in [3.05, 3.63) is 22.8 Å². The van der Waals surface area contributed by atoms with Crippen molar-refractivity contribution in [3.8, 4) is 11.5 Å². The van der Waals surface area contributed by atoms with Gasteiger partial charge in [0.15, 0.2) is 0 Å². The molecular weight excluding hydrogens is 268 g/mol. The van der Waals surface area contributed by atoms with E-state index in [-0.39, 0.29) is 12.0 Å². The summed E-state index contributed by atoms with van der Waals surface area (Å²) in [5.74, 6) is 0.495. The Hall–Kier alpha value is -1.71. The molecule has 0 aromatic heterocycles. The van der Waals surface area contributed by atoms with Gasteiger partial charge in [-0.05, 0) is 75.6 Å². The van der Waals surface area contributed by atoms with E-state index in [0.29, 0.717) is 12.2 Å². The van der Waals surface area contributed by atoms with Crippen molar-refractivity contribution in [1.29, 1.82) is 0 Å². The van der Waals surface area contributed by atoms with Crippen molar-refractivity contribution in [3.63, 3.8) is 0 Å². The van der Waals surface area contributed by atoms with Gasteiger partial charge in [-0.15, -0.1) is 0 Å². The van der Waals surface area contributed by atoms with E-state index in [1.807, 2.05) is 19.9 Å². The van der Waals surface area contributed by atoms with Crippen LogP contribution in [0.4, 0.5) is 0 Å². The molecule has 1 aliphatic heterocycles. The number of fused-ring (bicyclic) bond motifs is 1. The predicted octanol–water partition coefficient (Wildman–Crippen LogP) is 3.74. The van der Waals surface area contributed by atoms with Crippen LogP contribution < -0.4 is 4.74 Å². The number of hydrogen-bond acceptors (Lipinski definition) is 3. The lowest BCUT2D eigenvalue weighted by Gasteiger charge is -2.37. The molecule has 1 aliphatic rings. The number of phenolic OH excluding ortho intramolecular Hbond substituents is 1. The van der Waals surface area contributed by atoms with Gasteiger partial charge in [0, 0.05) is 6.42 Å². The summed E-state index contributed by atoms with van der Waals surface area (Å²) in [6, 6.07) is 1.81. The second-order valence-corrected chi connectivity index (χ2v) is 6.29. The molecular formula is C17H24O4. The lowest BCUT2D eigenvalue weighted by molar-refractivity contribution is -0.137. The second kappa shape index (κ2) is 5.96. The number of rotatable bonds is 5. The number of hydrogen-bond donors (Lipinski definition) is 2. The fourth-order valence-corrected chi connectivity index (χ4v) is 2.92. The number of ether oxygens (including phenoxy) is 1. The van der Waals surface area contributed by atoms with Gasteiger partial charge in [0.1, 0.15) is 17.1 Å². The molecule has 0 bridgehead atoms. The fourth-order valence-electron chi connectivity index (χ4n) is 2.92. The van der Waals surface area contributed by atoms with E-state index in [1.165, 1.54) is 0 Å². The maximum atomic E-state index is 10.6. The summed E-state index contributed by atoms with van der Waals surface area (Å²) in [7, 11) is 0. The maximum absolute atomic E-state index is 10.6. The zero-order valence-electron chi connectivity index (χ0n) is 13.0. The van der Waals surface area contributed by atoms with Crippen LogP contribution in [0.15, 0.2) is 6.07 Å². The third-order valence-corrected chi connectivity index (χ3v) is 4.51. The smallest absolute Gasteiger partial charge is 0.303 e. The molecule has 1 heterocycles. The Bertz CT molecular complexity index is 550. The highest BCUT2D eigenvalue weighted by atomic mass is 16.5. The average molecular weight is 292 g/mol. The summed E-state index contributed by atoms with van der Waals surface area (Å²) >= 11 is 0. The summed E-state index contributed by atoms with van der Waals surface area (Å²) in [5.41, 5.74) is 2.70. The number of aliphatic carboxylic acids is 1. The minimum absolute atomic E-state index is 0.221. The Balaban J connectivity index is 2.07. The molecule has 0 fully saturated rings. The zero-order chi connectivity index (χ0) is 15.6. The van der Waals surface area contributed by atoms with Crippen LogP contribution in [0.3, 0.4) is 0 Å². The third kappa shape index (κ3) is 3.49. The van der Waals surface area contributed by atoms with Crippen LogP contribution in [0.5, 0.6) is 11.5 Å². The maximum Gasteiger partial charge on any atom is 0.303 e. The number of phenols is 1. The number of benzene rings is 1. The molecule has 4 nitrogen and oxygen atoms in total. The minimum Gasteiger partial charge on any atom is -0.508 e. The largest absolute Gasteiger partial charge is 0.508 e. The Labute approximate surface area is 125 Å². The van der Waals surface area contributed by atoms with Gasteiger partial charge in [-0.1, -0.05) is 0 Å². The highest BCUT2D eigenvalue weighted by Gasteiger charge is 2.32. The molecule has 1 aromatic rings. The molecule has 0 aliphatic carbocycles. The third-order valence-electron chi connectivity index (χ3n) is 4.51. The number of unbranched alkanes of at least 4 members (excludes halogenated alkanes) is 1. The van der Waals surface area contributed by atoms with Gasteiger partial charge < -0.3 is 14.9 Å². The van der Waals surface area contributed by atoms with E-state index in [2.05, 4.69) is 6.92 Å². The first-order valence-corrected chi connectivity index (χ1v) is 7.55. The molecule has 0 saturated heterocycles. The fraction of sp³-hybridized carbons (Fsp3) is 0.588. The van der Waals surface area contributed by atoms with Gasteiger partial charge in [-0.25, -0.2) is 0 Å². The van der Waals surface area contributed by atoms with Crippen molar-refractivity contribution >= 4 is 5.97 Å². The lowest BCUT2D eigenvalue weighted by atomic mass is 9.86. The van der Waals surface area contributed by atoms with E-state index in [4.69, 9.17) is 9.84 Å². The summed E-state index contributed by atoms with van der Waals surface area (Å²) in [6.45, 7) is 5.97. The summed E-state index contributed by atoms with van der Waals surface area (Å²) in [5, 5.41) is 18.6. The highest BCUT2D eigenvalue weighted by Crippen LogP contribution is 2.41. The van der Waals surface area contributed by atoms with Crippen LogP contribution in [-0.4, -0.2) is 21.8 Å². The molecule has 0 amide bonds. The highest BCUT2D eigenvalue weighted by molar-refractivity contribution is 5.66. The van der Waals surface area contributed by atoms with Crippen LogP contribution in [-0.2, 0) is 11.2 Å². The van der Waals surface area contributed by atoms with E-state index in [0.717, 1.165) is 48.1 Å². The van der Waals surface area contributed by atoms with Gasteiger partial charge in [0.05, 0.1) is 0 Å². The molecule has 2 rings (SSSR count). The van der Waals surface area contributed by atoms with E-state index in [1.54, 1.807) is 0 Å². The van der Waals surface area contributed by atoms with Crippen molar-refractivity contribution in [2.24, 2.45) is 0 Å². The van der Waals surface area contributed by atoms with Gasteiger partial charge in [0.2, 0.25) is 0 Å². The Morgan fingerprint density at radius 1 is 1.33 bits per heavy atom. The van der Waals surface area contributed by atoms with E-state index >= 15 is 0 Å². The molecule has 4 heteroatoms. The summed E-state index contributed by atoms with van der Waals surface area (Å²) in [6.07, 6.45) is 4.41. The Morgan fingerprint density at radius 3 is 2.71 bits per heavy atom. The van der Waals surface area contributed by atoms with Crippen LogP contribution in [0.25, 0.3) is 0 Å². The molecule has 1 unspecified atom stereocenters. The summed E-state index contributed by atoms with van der Waals surface area (Å²) in [4.78, 5) is 10.6. The first kappa shape index (κ1) is 15.7. The van der Waals surface area contributed by atoms with Crippen LogP contribution in [0.1, 0.15) is 55.7 Å². The SMILES string of the molecule is Cc1c(O)cc2c(c1C)OC(C)(CCCCC(=O)O)CC2. The van der Waals surface area contributed by atoms with E-state index in [9.17, 15) is 9.90 Å². The molecule has 0 saturated carbocycles. The quantitative estimate of drug-likeness (QED) is 0.811. The number of carbonyl (C=O) groups is 1. The standard InChI is InChI=1S/C17H24O4/c1-11-12(2)16-13(10-14(11)18)7-9-17(3,21-16)8-5-4-6-15(19)20/h10,18H,4-9H2,1-3H3,(H,19,20). The van der Waals surface area contributed by atoms with Gasteiger partial charge in [-0.2, -0.15) is 0 Å². The van der Waals surface area contributed by atoms with Crippen molar-refractivity contribution in [1.82, 2.24) is 0 Å². The lowest BCUT2D eigenvalue weighted by Crippen LogP contribution is -2.36. The molecule has 1 atom stereocenters. The molecule has 0 radical (unpaired) electrons. The van der Waals surface area contributed by atoms with Gasteiger partial charge in [-0.3, -0.25) is 4.79 Å². The number of carboxylic acid groups (broad SMARTS) is 1. The van der Waals surface area contributed by atoms with Crippen LogP contribution >= 0.6 is 0 Å². The normalized spacial score (nSPS) is 20.7. The van der Waals surface area contributed by atoms with Crippen molar-refractivity contribution in [2.45, 2.75) is 64.9 Å². The van der Waals surface area contributed by atoms with Crippen LogP contribution in [0, 0.1) is 13.8 Å². The second-order valence-electron chi connectivity index (χ2n) is 6.29. The Morgan fingerprint density at radius 2 is 2.05 bits per heavy atom. The zero-order valence-corrected chi connectivity index (χ0v) is 13.0. The minimum atomic E-state index is -0.739.